The number of hydrogen-bond acceptors (Lipinski definition) is 5. The minimum absolute atomic E-state index is 0.236. The molecule has 0 fully saturated rings. The minimum atomic E-state index is -3.21. The van der Waals surface area contributed by atoms with Crippen LogP contribution in [-0.4, -0.2) is 50.6 Å². The topological polar surface area (TPSA) is 144 Å². The number of nitrogens with one attached hydrogen (secondary N) is 1. The molecule has 5 N–H and O–H groups in total. The van der Waals surface area contributed by atoms with Crippen LogP contribution in [0.5, 0.6) is 0 Å². The van der Waals surface area contributed by atoms with Gasteiger partial charge >= 0.3 is 11.9 Å². The molecule has 0 aromatic heterocycles. The number of aliphatic hydroxyl groups excluding tert-OH is 1. The number of carbonyl (C=O) groups is 3. The number of aliphatic carboxylic acids is 2. The van der Waals surface area contributed by atoms with E-state index in [9.17, 15) is 14.4 Å². The molecule has 0 saturated carbocycles. The maximum atomic E-state index is 10.3. The van der Waals surface area contributed by atoms with Crippen LogP contribution in [0, 0.1) is 0 Å². The molecule has 0 saturated heterocycles. The third kappa shape index (κ3) is 2.13. The van der Waals surface area contributed by atoms with Gasteiger partial charge in [0, 0.05) is 0 Å². The summed E-state index contributed by atoms with van der Waals surface area (Å²) in [6.45, 7) is 0. The molecule has 0 aromatic carbocycles. The SMILES string of the molecule is O=CNC(O)(C(=O)O)C(O)C(=O)O. The van der Waals surface area contributed by atoms with E-state index in [0.29, 0.717) is 0 Å². The van der Waals surface area contributed by atoms with Gasteiger partial charge in [-0.1, -0.05) is 0 Å². The summed E-state index contributed by atoms with van der Waals surface area (Å²) in [7, 11) is 0. The second-order valence-corrected chi connectivity index (χ2v) is 2.07. The average Bonchev–Trinajstić information content (AvgIpc) is 2.02. The summed E-state index contributed by atoms with van der Waals surface area (Å²) in [4.78, 5) is 30.2. The Labute approximate surface area is 71.4 Å². The molecule has 0 heterocycles. The molecule has 8 nitrogen and oxygen atoms in total. The van der Waals surface area contributed by atoms with Crippen LogP contribution in [-0.2, 0) is 14.4 Å². The van der Waals surface area contributed by atoms with Crippen LogP contribution in [0.2, 0.25) is 0 Å². The Morgan fingerprint density at radius 3 is 2.08 bits per heavy atom. The number of rotatable bonds is 5. The predicted molar refractivity (Wildman–Crippen MR) is 35.4 cm³/mol. The molecule has 0 aliphatic rings. The van der Waals surface area contributed by atoms with Crippen LogP contribution in [0.1, 0.15) is 0 Å². The van der Waals surface area contributed by atoms with E-state index in [1.165, 1.54) is 5.32 Å². The summed E-state index contributed by atoms with van der Waals surface area (Å²) in [6, 6.07) is 0. The van der Waals surface area contributed by atoms with E-state index in [1.807, 2.05) is 0 Å². The molecule has 0 radical (unpaired) electrons. The second kappa shape index (κ2) is 3.83. The first-order valence-corrected chi connectivity index (χ1v) is 2.94. The van der Waals surface area contributed by atoms with Crippen LogP contribution in [0.3, 0.4) is 0 Å². The highest BCUT2D eigenvalue weighted by Gasteiger charge is 2.48. The van der Waals surface area contributed by atoms with Crippen LogP contribution >= 0.6 is 0 Å². The minimum Gasteiger partial charge on any atom is -0.479 e. The van der Waals surface area contributed by atoms with E-state index in [1.54, 1.807) is 0 Å². The lowest BCUT2D eigenvalue weighted by atomic mass is 10.1. The molecule has 0 aromatic rings. The molecule has 8 heteroatoms. The molecule has 2 atom stereocenters. The number of hydrogen-bond donors (Lipinski definition) is 5. The molecular formula is C5H7NO7. The summed E-state index contributed by atoms with van der Waals surface area (Å²) >= 11 is 0. The van der Waals surface area contributed by atoms with Crippen LogP contribution in [0.15, 0.2) is 0 Å². The third-order valence-electron chi connectivity index (χ3n) is 1.23. The first-order chi connectivity index (χ1) is 5.86. The zero-order valence-corrected chi connectivity index (χ0v) is 6.17. The van der Waals surface area contributed by atoms with Crippen LogP contribution in [0.25, 0.3) is 0 Å². The van der Waals surface area contributed by atoms with E-state index in [4.69, 9.17) is 20.4 Å². The van der Waals surface area contributed by atoms with Gasteiger partial charge in [0.15, 0.2) is 0 Å². The number of aliphatic hydroxyl groups is 2. The highest BCUT2D eigenvalue weighted by Crippen LogP contribution is 2.06. The van der Waals surface area contributed by atoms with Gasteiger partial charge in [-0.3, -0.25) is 4.79 Å². The van der Waals surface area contributed by atoms with E-state index in [-0.39, 0.29) is 6.41 Å². The van der Waals surface area contributed by atoms with E-state index >= 15 is 0 Å². The van der Waals surface area contributed by atoms with Crippen molar-refractivity contribution in [1.29, 1.82) is 0 Å². The van der Waals surface area contributed by atoms with Gasteiger partial charge < -0.3 is 25.7 Å². The molecule has 1 amide bonds. The summed E-state index contributed by atoms with van der Waals surface area (Å²) in [5.41, 5.74) is -3.21. The van der Waals surface area contributed by atoms with Crippen molar-refractivity contribution in [3.05, 3.63) is 0 Å². The van der Waals surface area contributed by atoms with Gasteiger partial charge in [0.25, 0.3) is 5.72 Å². The molecule has 0 aliphatic carbocycles. The van der Waals surface area contributed by atoms with Gasteiger partial charge in [0.2, 0.25) is 12.5 Å². The Bertz CT molecular complexity index is 239. The predicted octanol–water partition coefficient (Wildman–Crippen LogP) is -3.05. The zero-order valence-electron chi connectivity index (χ0n) is 6.17. The molecule has 74 valence electrons. The summed E-state index contributed by atoms with van der Waals surface area (Å²) in [5, 5.41) is 35.4. The van der Waals surface area contributed by atoms with E-state index in [2.05, 4.69) is 0 Å². The first-order valence-electron chi connectivity index (χ1n) is 2.94. The maximum absolute atomic E-state index is 10.3. The third-order valence-corrected chi connectivity index (χ3v) is 1.23. The molecule has 0 aliphatic heterocycles. The van der Waals surface area contributed by atoms with Crippen LogP contribution < -0.4 is 5.32 Å². The van der Waals surface area contributed by atoms with Crippen molar-refractivity contribution >= 4 is 18.3 Å². The molecule has 2 unspecified atom stereocenters. The van der Waals surface area contributed by atoms with Gasteiger partial charge in [-0.15, -0.1) is 0 Å². The fourth-order valence-corrected chi connectivity index (χ4v) is 0.526. The van der Waals surface area contributed by atoms with Crippen molar-refractivity contribution in [2.45, 2.75) is 11.8 Å². The maximum Gasteiger partial charge on any atom is 0.360 e. The van der Waals surface area contributed by atoms with Gasteiger partial charge in [-0.05, 0) is 0 Å². The summed E-state index contributed by atoms with van der Waals surface area (Å²) in [5.74, 6) is -4.05. The quantitative estimate of drug-likeness (QED) is 0.230. The van der Waals surface area contributed by atoms with E-state index < -0.39 is 23.8 Å². The Hall–Kier alpha value is -1.67. The van der Waals surface area contributed by atoms with Crippen molar-refractivity contribution in [3.63, 3.8) is 0 Å². The Morgan fingerprint density at radius 2 is 1.85 bits per heavy atom. The highest BCUT2D eigenvalue weighted by atomic mass is 16.5. The number of carbonyl (C=O) groups excluding carboxylic acids is 1. The molecule has 0 bridgehead atoms. The van der Waals surface area contributed by atoms with Crippen molar-refractivity contribution in [3.8, 4) is 0 Å². The molecule has 13 heavy (non-hydrogen) atoms. The van der Waals surface area contributed by atoms with Gasteiger partial charge in [0.05, 0.1) is 0 Å². The van der Waals surface area contributed by atoms with Crippen molar-refractivity contribution in [2.24, 2.45) is 0 Å². The fraction of sp³-hybridized carbons (Fsp3) is 0.400. The summed E-state index contributed by atoms with van der Waals surface area (Å²) < 4.78 is 0. The lowest BCUT2D eigenvalue weighted by Crippen LogP contribution is -2.62. The summed E-state index contributed by atoms with van der Waals surface area (Å²) in [6.07, 6.45) is -2.88. The lowest BCUT2D eigenvalue weighted by Gasteiger charge is -2.24. The monoisotopic (exact) mass is 193 g/mol. The highest BCUT2D eigenvalue weighted by molar-refractivity contribution is 5.88. The molecule has 0 rings (SSSR count). The van der Waals surface area contributed by atoms with Gasteiger partial charge in [0.1, 0.15) is 0 Å². The fourth-order valence-electron chi connectivity index (χ4n) is 0.526. The van der Waals surface area contributed by atoms with Crippen molar-refractivity contribution in [1.82, 2.24) is 5.32 Å². The van der Waals surface area contributed by atoms with Crippen molar-refractivity contribution < 1.29 is 34.8 Å². The molecule has 0 spiro atoms. The largest absolute Gasteiger partial charge is 0.479 e. The van der Waals surface area contributed by atoms with Gasteiger partial charge in [-0.25, -0.2) is 9.59 Å². The normalized spacial score (nSPS) is 16.8. The smallest absolute Gasteiger partial charge is 0.360 e. The standard InChI is InChI=1S/C5H7NO7/c7-1-6-5(13,4(11)12)2(8)3(9)10/h1-2,8,13H,(H,6,7)(H,9,10)(H,11,12). The van der Waals surface area contributed by atoms with Crippen molar-refractivity contribution in [2.75, 3.05) is 0 Å². The Morgan fingerprint density at radius 1 is 1.38 bits per heavy atom. The molecular weight excluding hydrogens is 186 g/mol. The number of carboxylic acids is 2. The Balaban J connectivity index is 4.87. The lowest BCUT2D eigenvalue weighted by molar-refractivity contribution is -0.188. The van der Waals surface area contributed by atoms with E-state index in [0.717, 1.165) is 0 Å². The number of carboxylic acid groups (broad SMARTS) is 2. The second-order valence-electron chi connectivity index (χ2n) is 2.07. The van der Waals surface area contributed by atoms with Crippen LogP contribution in [0.4, 0.5) is 0 Å². The van der Waals surface area contributed by atoms with Gasteiger partial charge in [-0.2, -0.15) is 0 Å². The Kier molecular flexibility index (Phi) is 3.33. The first kappa shape index (κ1) is 11.3. The number of amides is 1. The zero-order chi connectivity index (χ0) is 10.6. The average molecular weight is 193 g/mol.